The highest BCUT2D eigenvalue weighted by atomic mass is 28.4. The first-order valence-corrected chi connectivity index (χ1v) is 18.1. The summed E-state index contributed by atoms with van der Waals surface area (Å²) in [7, 11) is 0.321. The number of hydrogen-bond donors (Lipinski definition) is 0. The Kier molecular flexibility index (Phi) is 14.2. The summed E-state index contributed by atoms with van der Waals surface area (Å²) in [5.74, 6) is -1.05. The Bertz CT molecular complexity index is 1350. The summed E-state index contributed by atoms with van der Waals surface area (Å²) in [6.07, 6.45) is 0.983. The predicted octanol–water partition coefficient (Wildman–Crippen LogP) is 6.07. The van der Waals surface area contributed by atoms with Gasteiger partial charge in [-0.2, -0.15) is 4.90 Å². The van der Waals surface area contributed by atoms with E-state index in [4.69, 9.17) is 18.6 Å². The zero-order valence-corrected chi connectivity index (χ0v) is 31.5. The summed E-state index contributed by atoms with van der Waals surface area (Å²) in [5, 5.41) is 1.83. The molecule has 0 aliphatic heterocycles. The Morgan fingerprint density at radius 1 is 0.729 bits per heavy atom. The number of ether oxygens (including phenoxy) is 3. The molecule has 2 rings (SSSR count). The van der Waals surface area contributed by atoms with Crippen LogP contribution in [-0.2, 0) is 28.2 Å². The van der Waals surface area contributed by atoms with Crippen molar-refractivity contribution < 1.29 is 37.8 Å². The van der Waals surface area contributed by atoms with Gasteiger partial charge in [0.2, 0.25) is 5.91 Å². The van der Waals surface area contributed by atoms with Crippen LogP contribution in [0.15, 0.2) is 72.8 Å². The number of carbonyl (C=O) groups excluding carboxylic acids is 4. The minimum absolute atomic E-state index is 0.0287. The Hall–Kier alpha value is -3.96. The van der Waals surface area contributed by atoms with Gasteiger partial charge < -0.3 is 23.5 Å². The highest BCUT2D eigenvalue weighted by Crippen LogP contribution is 2.36. The third-order valence-corrected chi connectivity index (χ3v) is 12.2. The summed E-state index contributed by atoms with van der Waals surface area (Å²) < 4.78 is 23.6. The van der Waals surface area contributed by atoms with Crippen LogP contribution in [0.25, 0.3) is 0 Å². The minimum Gasteiger partial charge on any atom is -0.458 e. The van der Waals surface area contributed by atoms with Crippen LogP contribution in [0.2, 0.25) is 5.04 Å². The molecule has 0 unspecified atom stereocenters. The molecule has 2 aromatic carbocycles. The molecule has 0 spiro atoms. The number of esters is 1. The fourth-order valence-corrected chi connectivity index (χ4v) is 9.65. The first-order valence-electron chi connectivity index (χ1n) is 16.2. The number of allylic oxidation sites excluding steroid dienone is 1. The molecule has 0 aliphatic rings. The molecule has 0 N–H and O–H groups in total. The Balaban J connectivity index is 2.41. The molecule has 0 saturated heterocycles. The molecule has 11 heteroatoms. The largest absolute Gasteiger partial charge is 0.458 e. The average Bonchev–Trinajstić information content (AvgIpc) is 2.96. The summed E-state index contributed by atoms with van der Waals surface area (Å²) >= 11 is 0. The van der Waals surface area contributed by atoms with E-state index in [1.54, 1.807) is 61.7 Å². The van der Waals surface area contributed by atoms with Crippen LogP contribution >= 0.6 is 0 Å². The van der Waals surface area contributed by atoms with Crippen molar-refractivity contribution in [1.82, 2.24) is 9.80 Å². The highest BCUT2D eigenvalue weighted by Gasteiger charge is 2.50. The zero-order valence-electron chi connectivity index (χ0n) is 30.5. The molecule has 3 amide bonds. The van der Waals surface area contributed by atoms with E-state index in [9.17, 15) is 19.2 Å². The maximum absolute atomic E-state index is 13.7. The predicted molar refractivity (Wildman–Crippen MR) is 190 cm³/mol. The van der Waals surface area contributed by atoms with Gasteiger partial charge in [0.25, 0.3) is 8.32 Å². The van der Waals surface area contributed by atoms with Crippen molar-refractivity contribution in [2.75, 3.05) is 27.3 Å². The van der Waals surface area contributed by atoms with Gasteiger partial charge in [-0.15, -0.1) is 0 Å². The lowest BCUT2D eigenvalue weighted by Crippen LogP contribution is -2.66. The molecule has 0 saturated carbocycles. The van der Waals surface area contributed by atoms with Crippen LogP contribution in [0.1, 0.15) is 75.2 Å². The van der Waals surface area contributed by atoms with Crippen LogP contribution in [0, 0.1) is 0 Å². The van der Waals surface area contributed by atoms with E-state index in [0.29, 0.717) is 4.90 Å². The van der Waals surface area contributed by atoms with Crippen LogP contribution in [0.4, 0.5) is 9.59 Å². The van der Waals surface area contributed by atoms with Crippen molar-refractivity contribution in [1.29, 1.82) is 0 Å². The summed E-state index contributed by atoms with van der Waals surface area (Å²) in [6, 6.07) is 18.7. The first-order chi connectivity index (χ1) is 22.2. The summed E-state index contributed by atoms with van der Waals surface area (Å²) in [4.78, 5) is 54.9. The lowest BCUT2D eigenvalue weighted by molar-refractivity contribution is -0.161. The van der Waals surface area contributed by atoms with E-state index in [2.05, 4.69) is 45.0 Å². The standard InChI is InChI=1S/C37H54N2O8Si/c1-35(2,3)46-32(41)30(24-18-19-25-31(40)38(10)11)39(34(43)47-36(4,5)6)33(42)44-26-27-45-48(37(7,8)9,28-20-14-12-15-21-28)29-22-16-13-17-23-29/h12-17,19-23,25,30H,18,24,26-27H2,1-11H3/b25-19+/t30-/m0/s1. The van der Waals surface area contributed by atoms with E-state index in [-0.39, 0.29) is 37.0 Å². The highest BCUT2D eigenvalue weighted by molar-refractivity contribution is 6.99. The molecule has 0 fully saturated rings. The van der Waals surface area contributed by atoms with E-state index < -0.39 is 43.7 Å². The van der Waals surface area contributed by atoms with Gasteiger partial charge in [0.15, 0.2) is 0 Å². The maximum Gasteiger partial charge on any atom is 0.420 e. The van der Waals surface area contributed by atoms with Crippen LogP contribution in [0.5, 0.6) is 0 Å². The second-order valence-corrected chi connectivity index (χ2v) is 19.0. The number of likely N-dealkylation sites (N-methyl/N-ethyl adjacent to an activating group) is 1. The topological polar surface area (TPSA) is 112 Å². The number of hydrogen-bond acceptors (Lipinski definition) is 8. The maximum atomic E-state index is 13.7. The fourth-order valence-electron chi connectivity index (χ4n) is 5.10. The van der Waals surface area contributed by atoms with E-state index in [1.165, 1.54) is 11.0 Å². The van der Waals surface area contributed by atoms with E-state index in [1.807, 2.05) is 36.4 Å². The Morgan fingerprint density at radius 3 is 1.67 bits per heavy atom. The Morgan fingerprint density at radius 2 is 1.23 bits per heavy atom. The molecular weight excluding hydrogens is 628 g/mol. The molecule has 0 radical (unpaired) electrons. The monoisotopic (exact) mass is 682 g/mol. The number of carbonyl (C=O) groups is 4. The van der Waals surface area contributed by atoms with Crippen molar-refractivity contribution in [3.05, 3.63) is 72.8 Å². The van der Waals surface area contributed by atoms with Crippen molar-refractivity contribution in [2.24, 2.45) is 0 Å². The molecule has 264 valence electrons. The number of nitrogens with zero attached hydrogens (tertiary/aromatic N) is 2. The van der Waals surface area contributed by atoms with Crippen molar-refractivity contribution >= 4 is 42.8 Å². The number of rotatable bonds is 12. The van der Waals surface area contributed by atoms with Crippen molar-refractivity contribution in [3.8, 4) is 0 Å². The van der Waals surface area contributed by atoms with Crippen molar-refractivity contribution in [3.63, 3.8) is 0 Å². The van der Waals surface area contributed by atoms with Gasteiger partial charge in [-0.3, -0.25) is 4.79 Å². The van der Waals surface area contributed by atoms with E-state index in [0.717, 1.165) is 10.4 Å². The Labute approximate surface area is 287 Å². The van der Waals surface area contributed by atoms with Gasteiger partial charge in [0.1, 0.15) is 23.9 Å². The summed E-state index contributed by atoms with van der Waals surface area (Å²) in [5.41, 5.74) is -1.88. The van der Waals surface area contributed by atoms with Gasteiger partial charge in [0.05, 0.1) is 6.61 Å². The molecule has 1 atom stereocenters. The molecule has 0 aliphatic carbocycles. The molecular formula is C37H54N2O8Si. The molecule has 2 aromatic rings. The smallest absolute Gasteiger partial charge is 0.420 e. The third kappa shape index (κ3) is 11.6. The van der Waals surface area contributed by atoms with Gasteiger partial charge in [-0.25, -0.2) is 14.4 Å². The average molecular weight is 683 g/mol. The molecule has 0 heterocycles. The second kappa shape index (κ2) is 16.9. The number of amides is 3. The first kappa shape index (κ1) is 40.2. The lowest BCUT2D eigenvalue weighted by atomic mass is 10.1. The zero-order chi connectivity index (χ0) is 36.3. The number of imide groups is 1. The molecule has 0 bridgehead atoms. The van der Waals surface area contributed by atoms with Gasteiger partial charge in [-0.05, 0) is 75.9 Å². The third-order valence-electron chi connectivity index (χ3n) is 7.13. The van der Waals surface area contributed by atoms with Crippen LogP contribution < -0.4 is 10.4 Å². The van der Waals surface area contributed by atoms with Gasteiger partial charge in [-0.1, -0.05) is 87.5 Å². The SMILES string of the molecule is CN(C)C(=O)/C=C/CC[C@@H](C(=O)OC(C)(C)C)N(C(=O)OCCO[Si](c1ccccc1)(c1ccccc1)C(C)(C)C)C(=O)OC(C)(C)C. The van der Waals surface area contributed by atoms with E-state index >= 15 is 0 Å². The minimum atomic E-state index is -2.92. The molecule has 48 heavy (non-hydrogen) atoms. The summed E-state index contributed by atoms with van der Waals surface area (Å²) in [6.45, 7) is 16.3. The van der Waals surface area contributed by atoms with Gasteiger partial charge in [0, 0.05) is 14.1 Å². The van der Waals surface area contributed by atoms with Crippen molar-refractivity contribution in [2.45, 2.75) is 97.4 Å². The normalized spacial score (nSPS) is 13.1. The fraction of sp³-hybridized carbons (Fsp3) is 0.514. The second-order valence-electron chi connectivity index (χ2n) is 14.7. The molecule has 0 aromatic heterocycles. The molecule has 10 nitrogen and oxygen atoms in total. The number of benzene rings is 2. The van der Waals surface area contributed by atoms with Gasteiger partial charge >= 0.3 is 18.2 Å². The lowest BCUT2D eigenvalue weighted by Gasteiger charge is -2.43. The quantitative estimate of drug-likeness (QED) is 0.0872. The van der Waals surface area contributed by atoms with Crippen LogP contribution in [0.3, 0.4) is 0 Å². The van der Waals surface area contributed by atoms with Crippen LogP contribution in [-0.4, -0.2) is 86.7 Å².